The van der Waals surface area contributed by atoms with Crippen LogP contribution < -0.4 is 11.5 Å². The van der Waals surface area contributed by atoms with Crippen LogP contribution in [0.4, 0.5) is 0 Å². The van der Waals surface area contributed by atoms with E-state index in [9.17, 15) is 9.59 Å². The van der Waals surface area contributed by atoms with Crippen molar-refractivity contribution in [3.63, 3.8) is 0 Å². The molecule has 0 spiro atoms. The lowest BCUT2D eigenvalue weighted by molar-refractivity contribution is -0.139. The Morgan fingerprint density at radius 1 is 0.840 bits per heavy atom. The minimum Gasteiger partial charge on any atom is -0.480 e. The number of carbonyl (C=O) groups is 2. The van der Waals surface area contributed by atoms with E-state index in [1.807, 2.05) is 54.6 Å². The predicted molar refractivity (Wildman–Crippen MR) is 99.2 cm³/mol. The summed E-state index contributed by atoms with van der Waals surface area (Å²) in [6, 6.07) is 15.2. The van der Waals surface area contributed by atoms with Crippen LogP contribution in [-0.2, 0) is 22.4 Å². The zero-order chi connectivity index (χ0) is 18.8. The normalized spacial score (nSPS) is 12.4. The lowest BCUT2D eigenvalue weighted by Gasteiger charge is -2.05. The van der Waals surface area contributed by atoms with Crippen LogP contribution in [0.2, 0.25) is 0 Å². The third kappa shape index (κ3) is 8.44. The van der Waals surface area contributed by atoms with Crippen molar-refractivity contribution >= 4 is 27.9 Å². The number of benzene rings is 2. The number of carboxylic acids is 2. The fraction of sp³-hybridized carbons (Fsp3) is 0.222. The molecule has 6 N–H and O–H groups in total. The molecule has 0 unspecified atom stereocenters. The Balaban J connectivity index is 0.000000251. The number of hydrogen-bond acceptors (Lipinski definition) is 4. The average Bonchev–Trinajstić information content (AvgIpc) is 2.56. The van der Waals surface area contributed by atoms with Gasteiger partial charge >= 0.3 is 11.9 Å². The summed E-state index contributed by atoms with van der Waals surface area (Å²) in [4.78, 5) is 20.8. The third-order valence-electron chi connectivity index (χ3n) is 3.28. The van der Waals surface area contributed by atoms with E-state index in [2.05, 4.69) is 15.9 Å². The monoisotopic (exact) mass is 408 g/mol. The molecule has 0 radical (unpaired) electrons. The van der Waals surface area contributed by atoms with Crippen LogP contribution in [0.3, 0.4) is 0 Å². The van der Waals surface area contributed by atoms with Gasteiger partial charge in [-0.15, -0.1) is 0 Å². The molecule has 0 aliphatic heterocycles. The van der Waals surface area contributed by atoms with E-state index in [1.165, 1.54) is 0 Å². The Morgan fingerprint density at radius 2 is 1.32 bits per heavy atom. The van der Waals surface area contributed by atoms with Gasteiger partial charge in [0.15, 0.2) is 0 Å². The highest BCUT2D eigenvalue weighted by Crippen LogP contribution is 2.12. The first-order chi connectivity index (χ1) is 11.8. The first-order valence-electron chi connectivity index (χ1n) is 7.54. The van der Waals surface area contributed by atoms with Crippen LogP contribution >= 0.6 is 15.9 Å². The van der Waals surface area contributed by atoms with Crippen molar-refractivity contribution in [3.05, 3.63) is 70.2 Å². The summed E-state index contributed by atoms with van der Waals surface area (Å²) in [7, 11) is 0. The van der Waals surface area contributed by atoms with Crippen molar-refractivity contribution in [1.29, 1.82) is 0 Å². The van der Waals surface area contributed by atoms with Gasteiger partial charge in [0.25, 0.3) is 0 Å². The highest BCUT2D eigenvalue weighted by atomic mass is 79.9. The summed E-state index contributed by atoms with van der Waals surface area (Å²) in [5, 5.41) is 17.1. The molecule has 0 saturated heterocycles. The fourth-order valence-electron chi connectivity index (χ4n) is 1.96. The molecule has 0 saturated carbocycles. The molecule has 0 fully saturated rings. The molecule has 0 heterocycles. The van der Waals surface area contributed by atoms with Crippen LogP contribution in [0.25, 0.3) is 0 Å². The molecule has 2 aromatic carbocycles. The van der Waals surface area contributed by atoms with Crippen LogP contribution in [-0.4, -0.2) is 34.2 Å². The molecule has 2 aromatic rings. The first-order valence-corrected chi connectivity index (χ1v) is 8.34. The van der Waals surface area contributed by atoms with E-state index in [1.54, 1.807) is 0 Å². The molecule has 25 heavy (non-hydrogen) atoms. The molecule has 0 aliphatic carbocycles. The summed E-state index contributed by atoms with van der Waals surface area (Å²) in [5.41, 5.74) is 12.6. The van der Waals surface area contributed by atoms with Crippen molar-refractivity contribution in [2.45, 2.75) is 24.9 Å². The van der Waals surface area contributed by atoms with Gasteiger partial charge in [0.05, 0.1) is 0 Å². The van der Waals surface area contributed by atoms with E-state index in [0.717, 1.165) is 15.6 Å². The van der Waals surface area contributed by atoms with Gasteiger partial charge in [-0.1, -0.05) is 58.4 Å². The molecule has 0 aliphatic rings. The van der Waals surface area contributed by atoms with Gasteiger partial charge in [0.1, 0.15) is 12.1 Å². The number of nitrogens with two attached hydrogens (primary N) is 2. The van der Waals surface area contributed by atoms with Crippen molar-refractivity contribution in [1.82, 2.24) is 0 Å². The predicted octanol–water partition coefficient (Wildman–Crippen LogP) is 2.04. The Bertz CT molecular complexity index is 694. The second kappa shape index (κ2) is 10.6. The molecule has 2 rings (SSSR count). The van der Waals surface area contributed by atoms with Crippen molar-refractivity contribution in [3.8, 4) is 0 Å². The first kappa shape index (κ1) is 20.8. The number of rotatable bonds is 6. The van der Waals surface area contributed by atoms with Gasteiger partial charge in [-0.25, -0.2) is 0 Å². The topological polar surface area (TPSA) is 127 Å². The molecular weight excluding hydrogens is 388 g/mol. The Kier molecular flexibility index (Phi) is 8.83. The maximum Gasteiger partial charge on any atom is 0.320 e. The minimum atomic E-state index is -0.972. The SMILES string of the molecule is N[C@@H](Cc1cccc(Br)c1)C(=O)O.N[C@@H](Cc1ccccc1)C(=O)O. The summed E-state index contributed by atoms with van der Waals surface area (Å²) in [5.74, 6) is -1.93. The summed E-state index contributed by atoms with van der Waals surface area (Å²) in [6.07, 6.45) is 0.741. The number of carboxylic acid groups (broad SMARTS) is 2. The molecule has 6 nitrogen and oxygen atoms in total. The second-order valence-electron chi connectivity index (χ2n) is 5.41. The Labute approximate surface area is 154 Å². The highest BCUT2D eigenvalue weighted by molar-refractivity contribution is 9.10. The maximum atomic E-state index is 10.5. The van der Waals surface area contributed by atoms with Crippen molar-refractivity contribution < 1.29 is 19.8 Å². The standard InChI is InChI=1S/C9H10BrNO2.C9H11NO2/c10-7-3-1-2-6(4-7)5-8(11)9(12)13;10-8(9(11)12)6-7-4-2-1-3-5-7/h1-4,8H,5,11H2,(H,12,13);1-5,8H,6,10H2,(H,11,12)/t2*8-/m00/s1. The summed E-state index contributed by atoms with van der Waals surface area (Å²) in [6.45, 7) is 0. The van der Waals surface area contributed by atoms with Gasteiger partial charge in [0, 0.05) is 4.47 Å². The van der Waals surface area contributed by atoms with Crippen LogP contribution in [0, 0.1) is 0 Å². The Morgan fingerprint density at radius 3 is 1.80 bits per heavy atom. The maximum absolute atomic E-state index is 10.5. The lowest BCUT2D eigenvalue weighted by Crippen LogP contribution is -2.32. The minimum absolute atomic E-state index is 0.356. The average molecular weight is 409 g/mol. The summed E-state index contributed by atoms with van der Waals surface area (Å²) >= 11 is 3.30. The second-order valence-corrected chi connectivity index (χ2v) is 6.33. The van der Waals surface area contributed by atoms with E-state index in [0.29, 0.717) is 12.8 Å². The van der Waals surface area contributed by atoms with Crippen LogP contribution in [0.15, 0.2) is 59.1 Å². The van der Waals surface area contributed by atoms with Crippen molar-refractivity contribution in [2.24, 2.45) is 11.5 Å². The Hall–Kier alpha value is -2.22. The van der Waals surface area contributed by atoms with Gasteiger partial charge in [-0.2, -0.15) is 0 Å². The van der Waals surface area contributed by atoms with Crippen LogP contribution in [0.1, 0.15) is 11.1 Å². The molecule has 0 bridgehead atoms. The number of hydrogen-bond donors (Lipinski definition) is 4. The molecular formula is C18H21BrN2O4. The quantitative estimate of drug-likeness (QED) is 0.579. The molecule has 0 aromatic heterocycles. The zero-order valence-corrected chi connectivity index (χ0v) is 15.1. The molecule has 0 amide bonds. The third-order valence-corrected chi connectivity index (χ3v) is 3.77. The van der Waals surface area contributed by atoms with Gasteiger partial charge in [0.2, 0.25) is 0 Å². The molecule has 7 heteroatoms. The van der Waals surface area contributed by atoms with E-state index < -0.39 is 24.0 Å². The van der Waals surface area contributed by atoms with Gasteiger partial charge in [-0.05, 0) is 36.1 Å². The van der Waals surface area contributed by atoms with E-state index in [4.69, 9.17) is 21.7 Å². The molecule has 134 valence electrons. The number of halogens is 1. The smallest absolute Gasteiger partial charge is 0.320 e. The highest BCUT2D eigenvalue weighted by Gasteiger charge is 2.12. The fourth-order valence-corrected chi connectivity index (χ4v) is 2.41. The largest absolute Gasteiger partial charge is 0.480 e. The van der Waals surface area contributed by atoms with Crippen molar-refractivity contribution in [2.75, 3.05) is 0 Å². The van der Waals surface area contributed by atoms with Crippen LogP contribution in [0.5, 0.6) is 0 Å². The summed E-state index contributed by atoms with van der Waals surface area (Å²) < 4.78 is 0.933. The lowest BCUT2D eigenvalue weighted by atomic mass is 10.1. The van der Waals surface area contributed by atoms with Gasteiger partial charge < -0.3 is 21.7 Å². The van der Waals surface area contributed by atoms with Gasteiger partial charge in [-0.3, -0.25) is 9.59 Å². The van der Waals surface area contributed by atoms with E-state index >= 15 is 0 Å². The van der Waals surface area contributed by atoms with E-state index in [-0.39, 0.29) is 0 Å². The zero-order valence-electron chi connectivity index (χ0n) is 13.5. The number of aliphatic carboxylic acids is 2. The molecule has 2 atom stereocenters.